The van der Waals surface area contributed by atoms with E-state index in [1.807, 2.05) is 0 Å². The number of hydrogen-bond acceptors (Lipinski definition) is 4. The van der Waals surface area contributed by atoms with Gasteiger partial charge in [-0.3, -0.25) is 9.59 Å². The number of nitrogens with one attached hydrogen (secondary N) is 1. The zero-order valence-corrected chi connectivity index (χ0v) is 10.7. The molecule has 19 heavy (non-hydrogen) atoms. The van der Waals surface area contributed by atoms with Crippen molar-refractivity contribution in [3.63, 3.8) is 0 Å². The van der Waals surface area contributed by atoms with Crippen LogP contribution in [0.1, 0.15) is 11.6 Å². The summed E-state index contributed by atoms with van der Waals surface area (Å²) in [6.07, 6.45) is 0. The predicted molar refractivity (Wildman–Crippen MR) is 63.4 cm³/mol. The van der Waals surface area contributed by atoms with Gasteiger partial charge >= 0.3 is 0 Å². The number of aryl methyl sites for hydroxylation is 1. The Bertz CT molecular complexity index is 553. The minimum absolute atomic E-state index is 0.0285. The van der Waals surface area contributed by atoms with Crippen LogP contribution in [0.5, 0.6) is 0 Å². The first kappa shape index (κ1) is 13.2. The second-order valence-corrected chi connectivity index (χ2v) is 4.24. The molecule has 2 rings (SSSR count). The molecule has 0 saturated carbocycles. The maximum atomic E-state index is 13.0. The average molecular weight is 267 g/mol. The van der Waals surface area contributed by atoms with E-state index in [1.54, 1.807) is 11.5 Å². The zero-order valence-electron chi connectivity index (χ0n) is 10.7. The van der Waals surface area contributed by atoms with Gasteiger partial charge in [0.2, 0.25) is 5.91 Å². The van der Waals surface area contributed by atoms with Gasteiger partial charge in [0.1, 0.15) is 11.9 Å². The lowest BCUT2D eigenvalue weighted by Gasteiger charge is -2.34. The summed E-state index contributed by atoms with van der Waals surface area (Å²) < 4.78 is 14.8. The molecule has 1 aliphatic heterocycles. The molecule has 102 valence electrons. The van der Waals surface area contributed by atoms with Crippen LogP contribution in [-0.2, 0) is 22.7 Å². The van der Waals surface area contributed by atoms with E-state index in [-0.39, 0.29) is 19.0 Å². The molecular weight excluding hydrogens is 253 g/mol. The molecular formula is C11H14FN5O2. The SMILES string of the molecule is C=C(F)C(=O)N1Cc2nnc(C)n2CC1C(=O)NC. The van der Waals surface area contributed by atoms with E-state index in [9.17, 15) is 14.0 Å². The van der Waals surface area contributed by atoms with Crippen molar-refractivity contribution in [2.24, 2.45) is 0 Å². The van der Waals surface area contributed by atoms with Crippen LogP contribution >= 0.6 is 0 Å². The summed E-state index contributed by atoms with van der Waals surface area (Å²) in [6.45, 7) is 4.96. The Kier molecular flexibility index (Phi) is 3.32. The minimum Gasteiger partial charge on any atom is -0.357 e. The Morgan fingerprint density at radius 3 is 2.74 bits per heavy atom. The fraction of sp³-hybridized carbons (Fsp3) is 0.455. The van der Waals surface area contributed by atoms with E-state index >= 15 is 0 Å². The van der Waals surface area contributed by atoms with E-state index in [2.05, 4.69) is 22.1 Å². The summed E-state index contributed by atoms with van der Waals surface area (Å²) in [6, 6.07) is -0.799. The number of likely N-dealkylation sites (N-methyl/N-ethyl adjacent to an activating group) is 1. The van der Waals surface area contributed by atoms with Gasteiger partial charge in [0.15, 0.2) is 11.7 Å². The maximum Gasteiger partial charge on any atom is 0.283 e. The summed E-state index contributed by atoms with van der Waals surface area (Å²) in [5.74, 6) is -1.20. The number of hydrogen-bond donors (Lipinski definition) is 1. The normalized spacial score (nSPS) is 17.8. The molecule has 1 N–H and O–H groups in total. The molecule has 0 spiro atoms. The van der Waals surface area contributed by atoms with Gasteiger partial charge in [-0.15, -0.1) is 10.2 Å². The van der Waals surface area contributed by atoms with Crippen molar-refractivity contribution in [1.29, 1.82) is 0 Å². The minimum atomic E-state index is -1.10. The number of nitrogens with zero attached hydrogens (tertiary/aromatic N) is 4. The molecule has 8 heteroatoms. The maximum absolute atomic E-state index is 13.0. The van der Waals surface area contributed by atoms with Crippen LogP contribution < -0.4 is 5.32 Å². The van der Waals surface area contributed by atoms with Gasteiger partial charge in [-0.05, 0) is 6.92 Å². The van der Waals surface area contributed by atoms with Crippen LogP contribution in [-0.4, -0.2) is 44.6 Å². The van der Waals surface area contributed by atoms with Crippen LogP contribution in [0, 0.1) is 6.92 Å². The quantitative estimate of drug-likeness (QED) is 0.734. The first-order valence-corrected chi connectivity index (χ1v) is 5.71. The molecule has 0 aliphatic carbocycles. The predicted octanol–water partition coefficient (Wildman–Crippen LogP) is -0.473. The molecule has 1 unspecified atom stereocenters. The Morgan fingerprint density at radius 1 is 1.47 bits per heavy atom. The summed E-state index contributed by atoms with van der Waals surface area (Å²) in [4.78, 5) is 24.7. The molecule has 0 bridgehead atoms. The second kappa shape index (κ2) is 4.79. The third-order valence-electron chi connectivity index (χ3n) is 3.10. The third kappa shape index (κ3) is 2.20. The van der Waals surface area contributed by atoms with Gasteiger partial charge in [-0.1, -0.05) is 6.58 Å². The van der Waals surface area contributed by atoms with Crippen molar-refractivity contribution in [2.75, 3.05) is 7.05 Å². The zero-order chi connectivity index (χ0) is 14.2. The molecule has 7 nitrogen and oxygen atoms in total. The monoisotopic (exact) mass is 267 g/mol. The van der Waals surface area contributed by atoms with Crippen LogP contribution in [0.15, 0.2) is 12.4 Å². The highest BCUT2D eigenvalue weighted by Gasteiger charge is 2.36. The van der Waals surface area contributed by atoms with Crippen molar-refractivity contribution in [3.8, 4) is 0 Å². The van der Waals surface area contributed by atoms with E-state index < -0.39 is 17.8 Å². The Balaban J connectivity index is 2.38. The van der Waals surface area contributed by atoms with E-state index in [0.29, 0.717) is 11.6 Å². The molecule has 1 atom stereocenters. The number of carbonyl (C=O) groups is 2. The van der Waals surface area contributed by atoms with Gasteiger partial charge in [0.05, 0.1) is 13.1 Å². The largest absolute Gasteiger partial charge is 0.357 e. The summed E-state index contributed by atoms with van der Waals surface area (Å²) in [5.41, 5.74) is 0. The van der Waals surface area contributed by atoms with Gasteiger partial charge in [0, 0.05) is 7.05 Å². The van der Waals surface area contributed by atoms with Crippen molar-refractivity contribution in [3.05, 3.63) is 24.1 Å². The second-order valence-electron chi connectivity index (χ2n) is 4.24. The van der Waals surface area contributed by atoms with Crippen molar-refractivity contribution < 1.29 is 14.0 Å². The molecule has 1 aromatic rings. The number of halogens is 1. The molecule has 2 heterocycles. The van der Waals surface area contributed by atoms with Gasteiger partial charge in [-0.25, -0.2) is 4.39 Å². The number of fused-ring (bicyclic) bond motifs is 1. The fourth-order valence-electron chi connectivity index (χ4n) is 2.07. The molecule has 1 aliphatic rings. The van der Waals surface area contributed by atoms with Crippen molar-refractivity contribution in [2.45, 2.75) is 26.1 Å². The highest BCUT2D eigenvalue weighted by Crippen LogP contribution is 2.20. The number of aromatic nitrogens is 3. The van der Waals surface area contributed by atoms with Crippen LogP contribution in [0.4, 0.5) is 4.39 Å². The van der Waals surface area contributed by atoms with Crippen LogP contribution in [0.3, 0.4) is 0 Å². The summed E-state index contributed by atoms with van der Waals surface area (Å²) in [5, 5.41) is 10.2. The standard InChI is InChI=1S/C11H14FN5O2/c1-6(12)11(19)17-5-9-15-14-7(2)16(9)4-8(17)10(18)13-3/h8H,1,4-5H2,2-3H3,(H,13,18). The van der Waals surface area contributed by atoms with Gasteiger partial charge in [-0.2, -0.15) is 0 Å². The lowest BCUT2D eigenvalue weighted by atomic mass is 10.1. The summed E-state index contributed by atoms with van der Waals surface area (Å²) in [7, 11) is 1.46. The molecule has 1 aromatic heterocycles. The smallest absolute Gasteiger partial charge is 0.283 e. The molecule has 0 radical (unpaired) electrons. The number of rotatable bonds is 2. The fourth-order valence-corrected chi connectivity index (χ4v) is 2.07. The van der Waals surface area contributed by atoms with Crippen molar-refractivity contribution in [1.82, 2.24) is 25.0 Å². The molecule has 0 fully saturated rings. The first-order valence-electron chi connectivity index (χ1n) is 5.71. The van der Waals surface area contributed by atoms with Gasteiger partial charge < -0.3 is 14.8 Å². The summed E-state index contributed by atoms with van der Waals surface area (Å²) >= 11 is 0. The van der Waals surface area contributed by atoms with E-state index in [0.717, 1.165) is 4.90 Å². The van der Waals surface area contributed by atoms with E-state index in [1.165, 1.54) is 7.05 Å². The lowest BCUT2D eigenvalue weighted by Crippen LogP contribution is -2.53. The molecule has 0 saturated heterocycles. The third-order valence-corrected chi connectivity index (χ3v) is 3.10. The highest BCUT2D eigenvalue weighted by atomic mass is 19.1. The van der Waals surface area contributed by atoms with Gasteiger partial charge in [0.25, 0.3) is 5.91 Å². The molecule has 0 aromatic carbocycles. The Hall–Kier alpha value is -2.25. The number of amides is 2. The van der Waals surface area contributed by atoms with E-state index in [4.69, 9.17) is 0 Å². The number of carbonyl (C=O) groups excluding carboxylic acids is 2. The average Bonchev–Trinajstić information content (AvgIpc) is 2.76. The first-order chi connectivity index (χ1) is 8.95. The highest BCUT2D eigenvalue weighted by molar-refractivity contribution is 5.95. The van der Waals surface area contributed by atoms with Crippen LogP contribution in [0.2, 0.25) is 0 Å². The lowest BCUT2D eigenvalue weighted by molar-refractivity contribution is -0.141. The Morgan fingerprint density at radius 2 is 2.16 bits per heavy atom. The molecule has 2 amide bonds. The van der Waals surface area contributed by atoms with Crippen LogP contribution in [0.25, 0.3) is 0 Å². The topological polar surface area (TPSA) is 80.1 Å². The van der Waals surface area contributed by atoms with Crippen molar-refractivity contribution >= 4 is 11.8 Å². The Labute approximate surface area is 109 Å².